The second-order valence-corrected chi connectivity index (χ2v) is 17.3. The van der Waals surface area contributed by atoms with Gasteiger partial charge in [0.1, 0.15) is 6.61 Å². The van der Waals surface area contributed by atoms with Crippen molar-refractivity contribution >= 4 is 36.9 Å². The Hall–Kier alpha value is -4.04. The number of ether oxygens (including phenoxy) is 2. The van der Waals surface area contributed by atoms with Gasteiger partial charge in [-0.25, -0.2) is 14.6 Å². The number of nitrogens with two attached hydrogens (primary N) is 1. The molecule has 4 heterocycles. The maximum absolute atomic E-state index is 13.8. The Morgan fingerprint density at radius 2 is 1.84 bits per heavy atom. The van der Waals surface area contributed by atoms with Gasteiger partial charge in [-0.15, -0.1) is 0 Å². The van der Waals surface area contributed by atoms with E-state index in [1.807, 2.05) is 24.3 Å². The van der Waals surface area contributed by atoms with E-state index >= 15 is 0 Å². The molecule has 1 unspecified atom stereocenters. The lowest BCUT2D eigenvalue weighted by Crippen LogP contribution is -2.47. The van der Waals surface area contributed by atoms with Crippen LogP contribution in [0.3, 0.4) is 0 Å². The lowest BCUT2D eigenvalue weighted by atomic mass is 9.85. The van der Waals surface area contributed by atoms with E-state index in [9.17, 15) is 27.6 Å². The number of carboxylic acid groups (broad SMARTS) is 1. The van der Waals surface area contributed by atoms with Crippen LogP contribution in [0.5, 0.6) is 0 Å². The molecule has 0 bridgehead atoms. The minimum absolute atomic E-state index is 0.143. The second kappa shape index (κ2) is 12.8. The van der Waals surface area contributed by atoms with Gasteiger partial charge in [-0.1, -0.05) is 50.3 Å². The zero-order valence-corrected chi connectivity index (χ0v) is 26.5. The molecule has 2 aromatic heterocycles. The quantitative estimate of drug-likeness (QED) is 0.201. The number of fused-ring (bicyclic) bond motifs is 5. The van der Waals surface area contributed by atoms with Crippen LogP contribution in [0.4, 0.5) is 13.2 Å². The number of hydrogen-bond donors (Lipinski definition) is 2. The molecule has 0 saturated heterocycles. The van der Waals surface area contributed by atoms with E-state index in [1.54, 1.807) is 11.5 Å². The van der Waals surface area contributed by atoms with Crippen LogP contribution < -0.4 is 11.3 Å². The molecule has 14 heteroatoms. The first-order chi connectivity index (χ1) is 21.1. The number of esters is 2. The molecule has 0 saturated carbocycles. The molecule has 0 fully saturated rings. The molecule has 2 aliphatic heterocycles. The third-order valence-electron chi connectivity index (χ3n) is 8.35. The number of benzene rings is 1. The summed E-state index contributed by atoms with van der Waals surface area (Å²) in [4.78, 5) is 52.7. The molecule has 2 aliphatic rings. The van der Waals surface area contributed by atoms with Gasteiger partial charge in [0, 0.05) is 31.5 Å². The van der Waals surface area contributed by atoms with Crippen molar-refractivity contribution in [2.75, 3.05) is 6.54 Å². The number of carbonyl (C=O) groups is 3. The van der Waals surface area contributed by atoms with Crippen molar-refractivity contribution in [2.24, 2.45) is 5.73 Å². The number of rotatable bonds is 8. The molecular formula is C31H36F3N3O7Si. The van der Waals surface area contributed by atoms with E-state index in [-0.39, 0.29) is 18.6 Å². The Kier molecular flexibility index (Phi) is 9.59. The Morgan fingerprint density at radius 3 is 2.44 bits per heavy atom. The fraction of sp³-hybridized carbons (Fsp3) is 0.452. The molecule has 0 amide bonds. The summed E-state index contributed by atoms with van der Waals surface area (Å²) >= 11 is 0. The van der Waals surface area contributed by atoms with Crippen molar-refractivity contribution in [2.45, 2.75) is 83.2 Å². The zero-order chi connectivity index (χ0) is 33.3. The SMILES string of the molecule is CCC1(OC(C)=O)C(=O)OCc2c1cc1n(c2=O)Cc2c-1nc1ccccc1c2CC[Si](C)(C)CCCN.O=C(O)C(F)(F)F. The van der Waals surface area contributed by atoms with Gasteiger partial charge in [-0.05, 0) is 43.5 Å². The van der Waals surface area contributed by atoms with E-state index in [0.717, 1.165) is 41.0 Å². The number of nitrogens with zero attached hydrogens (tertiary/aromatic N) is 2. The number of carboxylic acids is 1. The topological polar surface area (TPSA) is 151 Å². The molecule has 1 atom stereocenters. The second-order valence-electron chi connectivity index (χ2n) is 12.0. The van der Waals surface area contributed by atoms with Crippen molar-refractivity contribution < 1.29 is 42.1 Å². The van der Waals surface area contributed by atoms with Crippen LogP contribution in [-0.4, -0.2) is 53.4 Å². The smallest absolute Gasteiger partial charge is 0.475 e. The average molecular weight is 648 g/mol. The molecular weight excluding hydrogens is 611 g/mol. The van der Waals surface area contributed by atoms with Gasteiger partial charge >= 0.3 is 24.1 Å². The van der Waals surface area contributed by atoms with Gasteiger partial charge in [0.05, 0.1) is 29.0 Å². The van der Waals surface area contributed by atoms with Crippen LogP contribution in [0.15, 0.2) is 35.1 Å². The number of carbonyl (C=O) groups excluding carboxylic acids is 2. The summed E-state index contributed by atoms with van der Waals surface area (Å²) in [6.07, 6.45) is -2.97. The molecule has 1 aromatic carbocycles. The van der Waals surface area contributed by atoms with Gasteiger partial charge in [0.2, 0.25) is 5.60 Å². The normalized spacial score (nSPS) is 17.0. The molecule has 45 heavy (non-hydrogen) atoms. The molecule has 10 nitrogen and oxygen atoms in total. The van der Waals surface area contributed by atoms with Crippen molar-refractivity contribution in [1.29, 1.82) is 0 Å². The van der Waals surface area contributed by atoms with Gasteiger partial charge in [-0.3, -0.25) is 9.59 Å². The molecule has 5 rings (SSSR count). The van der Waals surface area contributed by atoms with Crippen LogP contribution >= 0.6 is 0 Å². The monoisotopic (exact) mass is 647 g/mol. The minimum atomic E-state index is -5.08. The molecule has 242 valence electrons. The number of pyridine rings is 2. The third-order valence-corrected chi connectivity index (χ3v) is 11.7. The van der Waals surface area contributed by atoms with Crippen molar-refractivity contribution in [1.82, 2.24) is 9.55 Å². The first-order valence-electron chi connectivity index (χ1n) is 14.6. The summed E-state index contributed by atoms with van der Waals surface area (Å²) in [6, 6.07) is 12.2. The summed E-state index contributed by atoms with van der Waals surface area (Å²) in [7, 11) is -1.46. The molecule has 3 aromatic rings. The highest BCUT2D eigenvalue weighted by molar-refractivity contribution is 6.77. The number of hydrogen-bond acceptors (Lipinski definition) is 8. The maximum atomic E-state index is 13.8. The molecule has 0 radical (unpaired) electrons. The number of cyclic esters (lactones) is 1. The van der Waals surface area contributed by atoms with Gasteiger partial charge in [0.15, 0.2) is 0 Å². The number of aromatic nitrogens is 2. The Balaban J connectivity index is 0.000000591. The lowest BCUT2D eigenvalue weighted by molar-refractivity contribution is -0.192. The Bertz CT molecular complexity index is 1720. The third kappa shape index (κ3) is 6.66. The van der Waals surface area contributed by atoms with E-state index in [4.69, 9.17) is 30.1 Å². The molecule has 3 N–H and O–H groups in total. The standard InChI is InChI=1S/C29H35N3O5Si.C2HF3O2/c1-5-29(37-18(2)33)23-15-25-26-21(16-32(25)27(34)22(23)17-36-28(29)35)19(11-14-38(3,4)13-8-12-30)20-9-6-7-10-24(20)31-26;3-2(4,5)1(6)7/h6-7,9-10,15H,5,8,11-14,16-17,30H2,1-4H3;(H,6,7). The number of aryl methyl sites for hydroxylation is 1. The van der Waals surface area contributed by atoms with Crippen LogP contribution in [-0.2, 0) is 49.0 Å². The van der Waals surface area contributed by atoms with E-state index in [2.05, 4.69) is 19.2 Å². The van der Waals surface area contributed by atoms with Crippen LogP contribution in [0.1, 0.15) is 48.9 Å². The number of aliphatic carboxylic acids is 1. The summed E-state index contributed by atoms with van der Waals surface area (Å²) in [5, 5.41) is 8.24. The summed E-state index contributed by atoms with van der Waals surface area (Å²) in [5.41, 5.74) is 9.23. The Morgan fingerprint density at radius 1 is 1.18 bits per heavy atom. The van der Waals surface area contributed by atoms with E-state index < -0.39 is 37.8 Å². The van der Waals surface area contributed by atoms with Crippen molar-refractivity contribution in [3.05, 3.63) is 62.9 Å². The maximum Gasteiger partial charge on any atom is 0.490 e. The fourth-order valence-corrected chi connectivity index (χ4v) is 8.31. The highest BCUT2D eigenvalue weighted by Crippen LogP contribution is 2.42. The van der Waals surface area contributed by atoms with Crippen LogP contribution in [0.2, 0.25) is 25.2 Å². The predicted molar refractivity (Wildman–Crippen MR) is 162 cm³/mol. The lowest BCUT2D eigenvalue weighted by Gasteiger charge is -2.35. The molecule has 0 spiro atoms. The summed E-state index contributed by atoms with van der Waals surface area (Å²) in [5.74, 6) is -4.01. The van der Waals surface area contributed by atoms with Gasteiger partial charge in [0.25, 0.3) is 5.56 Å². The van der Waals surface area contributed by atoms with E-state index in [0.29, 0.717) is 29.9 Å². The molecule has 0 aliphatic carbocycles. The van der Waals surface area contributed by atoms with Crippen LogP contribution in [0.25, 0.3) is 22.3 Å². The summed E-state index contributed by atoms with van der Waals surface area (Å²) < 4.78 is 44.4. The van der Waals surface area contributed by atoms with Gasteiger partial charge in [-0.2, -0.15) is 13.2 Å². The largest absolute Gasteiger partial charge is 0.490 e. The minimum Gasteiger partial charge on any atom is -0.475 e. The van der Waals surface area contributed by atoms with E-state index in [1.165, 1.54) is 18.5 Å². The highest BCUT2D eigenvalue weighted by atomic mass is 28.3. The van der Waals surface area contributed by atoms with Crippen LogP contribution in [0, 0.1) is 0 Å². The van der Waals surface area contributed by atoms with Crippen molar-refractivity contribution in [3.63, 3.8) is 0 Å². The number of para-hydroxylation sites is 1. The first-order valence-corrected chi connectivity index (χ1v) is 18.0. The highest BCUT2D eigenvalue weighted by Gasteiger charge is 2.50. The first kappa shape index (κ1) is 33.8. The number of halogens is 3. The number of alkyl halides is 3. The van der Waals surface area contributed by atoms with Gasteiger partial charge < -0.3 is 24.9 Å². The summed E-state index contributed by atoms with van der Waals surface area (Å²) in [6.45, 7) is 8.81. The van der Waals surface area contributed by atoms with Crippen molar-refractivity contribution in [3.8, 4) is 11.4 Å². The zero-order valence-electron chi connectivity index (χ0n) is 25.5. The average Bonchev–Trinajstić information content (AvgIpc) is 3.34. The fourth-order valence-electron chi connectivity index (χ4n) is 5.97. The predicted octanol–water partition coefficient (Wildman–Crippen LogP) is 4.88. The Labute approximate surface area is 258 Å².